The molecular weight excluding hydrogens is 386 g/mol. The number of hydrogen-bond donors (Lipinski definition) is 2. The summed E-state index contributed by atoms with van der Waals surface area (Å²) in [5.41, 5.74) is -0.486. The number of alkyl halides is 3. The van der Waals surface area contributed by atoms with Crippen molar-refractivity contribution in [3.63, 3.8) is 0 Å². The molecule has 4 aliphatic rings. The molecule has 3 aliphatic carbocycles. The smallest absolute Gasteiger partial charge is 0.465 e. The Morgan fingerprint density at radius 2 is 1.93 bits per heavy atom. The van der Waals surface area contributed by atoms with E-state index in [1.807, 2.05) is 6.92 Å². The van der Waals surface area contributed by atoms with Gasteiger partial charge in [0.25, 0.3) is 0 Å². The first-order chi connectivity index (χ1) is 13.4. The molecule has 5 atom stereocenters. The fraction of sp³-hybridized carbons (Fsp3) is 0.650. The van der Waals surface area contributed by atoms with Crippen LogP contribution in [0.4, 0.5) is 18.0 Å². The standard InChI is InChI=1S/C20H25BF3NO4/c1-18(2)13-9-14(18)19(3)15(10-13)28-21(29-19)16(25-17(26)27)8-11-4-6-12(7-5-11)20(22,23)24/h4-7,13-16,25H,8-10H2,1-3H3,(H,26,27)/t13-,14-,15+,16?,19-/m0/s1. The number of benzene rings is 1. The van der Waals surface area contributed by atoms with E-state index < -0.39 is 36.5 Å². The molecule has 1 amide bonds. The highest BCUT2D eigenvalue weighted by molar-refractivity contribution is 6.47. The van der Waals surface area contributed by atoms with Gasteiger partial charge in [-0.1, -0.05) is 26.0 Å². The molecule has 1 aromatic carbocycles. The molecular formula is C20H25BF3NO4. The molecule has 1 aromatic rings. The summed E-state index contributed by atoms with van der Waals surface area (Å²) in [5, 5.41) is 11.7. The van der Waals surface area contributed by atoms with Crippen LogP contribution in [-0.2, 0) is 21.9 Å². The predicted molar refractivity (Wildman–Crippen MR) is 100 cm³/mol. The maximum atomic E-state index is 12.8. The van der Waals surface area contributed by atoms with Gasteiger partial charge in [-0.15, -0.1) is 0 Å². The number of hydrogen-bond acceptors (Lipinski definition) is 3. The number of rotatable bonds is 4. The van der Waals surface area contributed by atoms with E-state index in [0.29, 0.717) is 17.4 Å². The van der Waals surface area contributed by atoms with Gasteiger partial charge in [0.1, 0.15) is 0 Å². The Hall–Kier alpha value is -1.74. The molecule has 5 nitrogen and oxygen atoms in total. The quantitative estimate of drug-likeness (QED) is 0.731. The Balaban J connectivity index is 1.52. The number of amides is 1. The van der Waals surface area contributed by atoms with Crippen LogP contribution >= 0.6 is 0 Å². The van der Waals surface area contributed by atoms with E-state index in [1.54, 1.807) is 0 Å². The summed E-state index contributed by atoms with van der Waals surface area (Å²) in [6, 6.07) is 4.73. The van der Waals surface area contributed by atoms with Crippen LogP contribution in [0.2, 0.25) is 0 Å². The van der Waals surface area contributed by atoms with Crippen LogP contribution in [0.5, 0.6) is 0 Å². The summed E-state index contributed by atoms with van der Waals surface area (Å²) in [6.45, 7) is 6.51. The summed E-state index contributed by atoms with van der Waals surface area (Å²) < 4.78 is 50.8. The lowest BCUT2D eigenvalue weighted by molar-refractivity contribution is -0.199. The third kappa shape index (κ3) is 3.42. The minimum atomic E-state index is -4.41. The molecule has 0 aromatic heterocycles. The minimum Gasteiger partial charge on any atom is -0.465 e. The molecule has 158 valence electrons. The molecule has 1 saturated heterocycles. The molecule has 5 rings (SSSR count). The largest absolute Gasteiger partial charge is 0.482 e. The lowest BCUT2D eigenvalue weighted by atomic mass is 9.43. The van der Waals surface area contributed by atoms with Gasteiger partial charge in [-0.2, -0.15) is 13.2 Å². The van der Waals surface area contributed by atoms with Gasteiger partial charge in [0.15, 0.2) is 0 Å². The predicted octanol–water partition coefficient (Wildman–Crippen LogP) is 4.15. The summed E-state index contributed by atoms with van der Waals surface area (Å²) in [5.74, 6) is 0.181. The minimum absolute atomic E-state index is 0.102. The molecule has 9 heteroatoms. The topological polar surface area (TPSA) is 67.8 Å². The second-order valence-corrected chi connectivity index (χ2v) is 9.29. The molecule has 1 heterocycles. The van der Waals surface area contributed by atoms with Crippen molar-refractivity contribution in [3.05, 3.63) is 35.4 Å². The lowest BCUT2D eigenvalue weighted by Gasteiger charge is -2.64. The van der Waals surface area contributed by atoms with Crippen LogP contribution in [0.15, 0.2) is 24.3 Å². The van der Waals surface area contributed by atoms with Gasteiger partial charge in [-0.3, -0.25) is 0 Å². The average molecular weight is 411 g/mol. The fourth-order valence-electron chi connectivity index (χ4n) is 5.53. The highest BCUT2D eigenvalue weighted by Crippen LogP contribution is 2.65. The van der Waals surface area contributed by atoms with E-state index in [0.717, 1.165) is 25.0 Å². The first-order valence-corrected chi connectivity index (χ1v) is 9.90. The molecule has 1 unspecified atom stereocenters. The highest BCUT2D eigenvalue weighted by atomic mass is 19.4. The van der Waals surface area contributed by atoms with Gasteiger partial charge in [-0.25, -0.2) is 4.79 Å². The van der Waals surface area contributed by atoms with Crippen LogP contribution in [0.1, 0.15) is 44.7 Å². The van der Waals surface area contributed by atoms with E-state index in [1.165, 1.54) is 12.1 Å². The van der Waals surface area contributed by atoms with E-state index in [-0.39, 0.29) is 17.9 Å². The van der Waals surface area contributed by atoms with Gasteiger partial charge < -0.3 is 19.7 Å². The summed E-state index contributed by atoms with van der Waals surface area (Å²) in [6.07, 6.45) is -3.61. The van der Waals surface area contributed by atoms with Crippen LogP contribution < -0.4 is 5.32 Å². The highest BCUT2D eigenvalue weighted by Gasteiger charge is 2.68. The van der Waals surface area contributed by atoms with Gasteiger partial charge in [0.2, 0.25) is 0 Å². The van der Waals surface area contributed by atoms with Crippen molar-refractivity contribution in [1.29, 1.82) is 0 Å². The van der Waals surface area contributed by atoms with Gasteiger partial charge in [0.05, 0.1) is 23.2 Å². The molecule has 3 saturated carbocycles. The van der Waals surface area contributed by atoms with Crippen molar-refractivity contribution in [1.82, 2.24) is 5.32 Å². The zero-order valence-corrected chi connectivity index (χ0v) is 16.6. The molecule has 0 spiro atoms. The Morgan fingerprint density at radius 3 is 2.48 bits per heavy atom. The van der Waals surface area contributed by atoms with Crippen molar-refractivity contribution in [3.8, 4) is 0 Å². The van der Waals surface area contributed by atoms with Gasteiger partial charge in [-0.05, 0) is 61.1 Å². The van der Waals surface area contributed by atoms with Crippen molar-refractivity contribution in [2.75, 3.05) is 0 Å². The van der Waals surface area contributed by atoms with Gasteiger partial charge in [0, 0.05) is 0 Å². The summed E-state index contributed by atoms with van der Waals surface area (Å²) in [7, 11) is -0.779. The van der Waals surface area contributed by atoms with Crippen LogP contribution in [0.3, 0.4) is 0 Å². The maximum absolute atomic E-state index is 12.8. The normalized spacial score (nSPS) is 33.6. The maximum Gasteiger partial charge on any atom is 0.482 e. The molecule has 4 fully saturated rings. The van der Waals surface area contributed by atoms with Crippen LogP contribution in [0.25, 0.3) is 0 Å². The summed E-state index contributed by atoms with van der Waals surface area (Å²) >= 11 is 0. The third-order valence-corrected chi connectivity index (χ3v) is 7.34. The Morgan fingerprint density at radius 1 is 1.28 bits per heavy atom. The van der Waals surface area contributed by atoms with Crippen molar-refractivity contribution >= 4 is 13.2 Å². The zero-order chi connectivity index (χ0) is 21.2. The Bertz CT molecular complexity index is 800. The number of carbonyl (C=O) groups is 1. The second kappa shape index (κ2) is 6.64. The second-order valence-electron chi connectivity index (χ2n) is 9.29. The third-order valence-electron chi connectivity index (χ3n) is 7.34. The molecule has 2 N–H and O–H groups in total. The first kappa shape index (κ1) is 20.5. The SMILES string of the molecule is CC1(C)[C@@H]2C[C@H]3OB(C(Cc4ccc(C(F)(F)F)cc4)NC(=O)O)O[C@@]3(C)[C@H]1C2. The Kier molecular flexibility index (Phi) is 4.70. The average Bonchev–Trinajstić information content (AvgIpc) is 2.97. The van der Waals surface area contributed by atoms with E-state index in [9.17, 15) is 23.1 Å². The number of carboxylic acid groups (broad SMARTS) is 1. The molecule has 29 heavy (non-hydrogen) atoms. The van der Waals surface area contributed by atoms with Crippen molar-refractivity contribution < 1.29 is 32.4 Å². The fourth-order valence-corrected chi connectivity index (χ4v) is 5.53. The first-order valence-electron chi connectivity index (χ1n) is 9.90. The van der Waals surface area contributed by atoms with E-state index >= 15 is 0 Å². The zero-order valence-electron chi connectivity index (χ0n) is 16.6. The van der Waals surface area contributed by atoms with Crippen molar-refractivity contribution in [2.45, 2.75) is 63.9 Å². The number of nitrogens with one attached hydrogen (secondary N) is 1. The molecule has 2 bridgehead atoms. The molecule has 0 radical (unpaired) electrons. The van der Waals surface area contributed by atoms with Crippen LogP contribution in [-0.4, -0.2) is 36.0 Å². The lowest BCUT2D eigenvalue weighted by Crippen LogP contribution is -2.65. The monoisotopic (exact) mass is 411 g/mol. The van der Waals surface area contributed by atoms with Crippen LogP contribution in [0, 0.1) is 17.3 Å². The Labute approximate surface area is 168 Å². The molecule has 1 aliphatic heterocycles. The van der Waals surface area contributed by atoms with Gasteiger partial charge >= 0.3 is 19.4 Å². The van der Waals surface area contributed by atoms with Crippen molar-refractivity contribution in [2.24, 2.45) is 17.3 Å². The van der Waals surface area contributed by atoms with E-state index in [4.69, 9.17) is 9.31 Å². The van der Waals surface area contributed by atoms with E-state index in [2.05, 4.69) is 19.2 Å². The number of halogens is 3. The summed E-state index contributed by atoms with van der Waals surface area (Å²) in [4.78, 5) is 11.3.